The van der Waals surface area contributed by atoms with Crippen molar-refractivity contribution in [2.24, 2.45) is 0 Å². The summed E-state index contributed by atoms with van der Waals surface area (Å²) in [5.41, 5.74) is 4.63. The number of hydrogen-bond acceptors (Lipinski definition) is 2. The molecule has 2 aromatic carbocycles. The Morgan fingerprint density at radius 1 is 1.05 bits per heavy atom. The van der Waals surface area contributed by atoms with Gasteiger partial charge in [0.05, 0.1) is 5.75 Å². The number of hydrogen-bond donors (Lipinski definition) is 1. The average molecular weight is 317 g/mol. The van der Waals surface area contributed by atoms with Crippen molar-refractivity contribution in [2.45, 2.75) is 26.1 Å². The molecule has 1 N–H and O–H groups in total. The van der Waals surface area contributed by atoms with E-state index < -0.39 is 0 Å². The molecule has 0 saturated carbocycles. The Kier molecular flexibility index (Phi) is 6.01. The Balaban J connectivity index is 1.72. The molecule has 22 heavy (non-hydrogen) atoms. The summed E-state index contributed by atoms with van der Waals surface area (Å²) in [6.07, 6.45) is 0. The second-order valence-corrected chi connectivity index (χ2v) is 6.38. The largest absolute Gasteiger partial charge is 0.351 e. The van der Waals surface area contributed by atoms with Gasteiger partial charge in [-0.05, 0) is 37.1 Å². The van der Waals surface area contributed by atoms with Crippen molar-refractivity contribution in [1.29, 1.82) is 0 Å². The normalized spacial score (nSPS) is 10.5. The number of rotatable bonds is 6. The van der Waals surface area contributed by atoms with Gasteiger partial charge in [0.1, 0.15) is 5.82 Å². The van der Waals surface area contributed by atoms with Crippen molar-refractivity contribution in [3.63, 3.8) is 0 Å². The lowest BCUT2D eigenvalue weighted by Gasteiger charge is -2.07. The van der Waals surface area contributed by atoms with Crippen LogP contribution in [0.15, 0.2) is 42.5 Å². The molecule has 4 heteroatoms. The van der Waals surface area contributed by atoms with Crippen molar-refractivity contribution < 1.29 is 9.18 Å². The minimum atomic E-state index is -0.265. The van der Waals surface area contributed by atoms with E-state index in [1.54, 1.807) is 23.9 Å². The lowest BCUT2D eigenvalue weighted by molar-refractivity contribution is -0.118. The fourth-order valence-electron chi connectivity index (χ4n) is 2.27. The zero-order valence-corrected chi connectivity index (χ0v) is 13.7. The number of nitrogens with one attached hydrogen (secondary N) is 1. The summed E-state index contributed by atoms with van der Waals surface area (Å²) in [6, 6.07) is 12.6. The first kappa shape index (κ1) is 16.6. The number of carbonyl (C=O) groups excluding carboxylic acids is 1. The van der Waals surface area contributed by atoms with Crippen LogP contribution in [0.3, 0.4) is 0 Å². The van der Waals surface area contributed by atoms with Gasteiger partial charge >= 0.3 is 0 Å². The van der Waals surface area contributed by atoms with Crippen LogP contribution in [0.2, 0.25) is 0 Å². The van der Waals surface area contributed by atoms with E-state index in [4.69, 9.17) is 0 Å². The Bertz CT molecular complexity index is 620. The third kappa shape index (κ3) is 5.53. The molecule has 1 amide bonds. The zero-order valence-electron chi connectivity index (χ0n) is 12.9. The first-order valence-corrected chi connectivity index (χ1v) is 8.34. The molecule has 0 bridgehead atoms. The SMILES string of the molecule is Cc1cc(C)cc(CSCC(=O)NCc2ccc(F)cc2)c1. The Morgan fingerprint density at radius 3 is 2.32 bits per heavy atom. The summed E-state index contributed by atoms with van der Waals surface area (Å²) >= 11 is 1.60. The molecule has 0 aromatic heterocycles. The predicted molar refractivity (Wildman–Crippen MR) is 90.3 cm³/mol. The topological polar surface area (TPSA) is 29.1 Å². The summed E-state index contributed by atoms with van der Waals surface area (Å²) in [6.45, 7) is 4.59. The van der Waals surface area contributed by atoms with Gasteiger partial charge in [-0.15, -0.1) is 11.8 Å². The van der Waals surface area contributed by atoms with Crippen molar-refractivity contribution >= 4 is 17.7 Å². The Morgan fingerprint density at radius 2 is 1.68 bits per heavy atom. The van der Waals surface area contributed by atoms with Gasteiger partial charge in [-0.25, -0.2) is 4.39 Å². The van der Waals surface area contributed by atoms with Crippen LogP contribution in [0.1, 0.15) is 22.3 Å². The fourth-order valence-corrected chi connectivity index (χ4v) is 3.06. The molecule has 2 nitrogen and oxygen atoms in total. The second-order valence-electron chi connectivity index (χ2n) is 5.39. The van der Waals surface area contributed by atoms with Crippen LogP contribution in [-0.4, -0.2) is 11.7 Å². The smallest absolute Gasteiger partial charge is 0.230 e. The molecule has 116 valence electrons. The molecule has 0 unspecified atom stereocenters. The number of carbonyl (C=O) groups is 1. The van der Waals surface area contributed by atoms with Crippen LogP contribution in [0.25, 0.3) is 0 Å². The number of amides is 1. The number of aryl methyl sites for hydroxylation is 2. The monoisotopic (exact) mass is 317 g/mol. The molecule has 0 heterocycles. The minimum Gasteiger partial charge on any atom is -0.351 e. The van der Waals surface area contributed by atoms with Gasteiger partial charge in [0.2, 0.25) is 5.91 Å². The highest BCUT2D eigenvalue weighted by Crippen LogP contribution is 2.15. The Hall–Kier alpha value is -1.81. The summed E-state index contributed by atoms with van der Waals surface area (Å²) in [5, 5.41) is 2.85. The molecule has 0 saturated heterocycles. The van der Waals surface area contributed by atoms with Crippen LogP contribution in [-0.2, 0) is 17.1 Å². The van der Waals surface area contributed by atoms with E-state index in [1.807, 2.05) is 0 Å². The molecule has 0 radical (unpaired) electrons. The molecular formula is C18H20FNOS. The molecule has 2 aromatic rings. The van der Waals surface area contributed by atoms with Gasteiger partial charge in [-0.1, -0.05) is 41.5 Å². The summed E-state index contributed by atoms with van der Waals surface area (Å²) in [5.74, 6) is 0.985. The molecule has 0 aliphatic heterocycles. The molecule has 0 atom stereocenters. The maximum Gasteiger partial charge on any atom is 0.230 e. The van der Waals surface area contributed by atoms with Gasteiger partial charge in [0.15, 0.2) is 0 Å². The van der Waals surface area contributed by atoms with Crippen LogP contribution < -0.4 is 5.32 Å². The van der Waals surface area contributed by atoms with Gasteiger partial charge in [0.25, 0.3) is 0 Å². The molecule has 0 fully saturated rings. The van der Waals surface area contributed by atoms with Gasteiger partial charge in [-0.3, -0.25) is 4.79 Å². The van der Waals surface area contributed by atoms with E-state index in [0.717, 1.165) is 11.3 Å². The lowest BCUT2D eigenvalue weighted by Crippen LogP contribution is -2.24. The van der Waals surface area contributed by atoms with E-state index in [-0.39, 0.29) is 11.7 Å². The van der Waals surface area contributed by atoms with E-state index >= 15 is 0 Å². The minimum absolute atomic E-state index is 0.00120. The lowest BCUT2D eigenvalue weighted by atomic mass is 10.1. The van der Waals surface area contributed by atoms with Crippen molar-refractivity contribution in [3.8, 4) is 0 Å². The molecular weight excluding hydrogens is 297 g/mol. The van der Waals surface area contributed by atoms with Crippen molar-refractivity contribution in [1.82, 2.24) is 5.32 Å². The second kappa shape index (κ2) is 7.99. The zero-order chi connectivity index (χ0) is 15.9. The maximum atomic E-state index is 12.8. The predicted octanol–water partition coefficient (Wildman–Crippen LogP) is 3.99. The third-order valence-corrected chi connectivity index (χ3v) is 4.19. The Labute approximate surface area is 135 Å². The highest BCUT2D eigenvalue weighted by molar-refractivity contribution is 7.99. The number of halogens is 1. The van der Waals surface area contributed by atoms with Crippen LogP contribution in [0.5, 0.6) is 0 Å². The van der Waals surface area contributed by atoms with E-state index in [9.17, 15) is 9.18 Å². The molecule has 0 aliphatic carbocycles. The summed E-state index contributed by atoms with van der Waals surface area (Å²) in [4.78, 5) is 11.8. The first-order chi connectivity index (χ1) is 10.5. The van der Waals surface area contributed by atoms with Crippen LogP contribution >= 0.6 is 11.8 Å². The van der Waals surface area contributed by atoms with Gasteiger partial charge in [0, 0.05) is 12.3 Å². The van der Waals surface area contributed by atoms with Crippen molar-refractivity contribution in [2.75, 3.05) is 5.75 Å². The van der Waals surface area contributed by atoms with Crippen molar-refractivity contribution in [3.05, 3.63) is 70.5 Å². The quantitative estimate of drug-likeness (QED) is 0.873. The summed E-state index contributed by atoms with van der Waals surface area (Å²) in [7, 11) is 0. The number of thioether (sulfide) groups is 1. The van der Waals surface area contributed by atoms with Crippen LogP contribution in [0.4, 0.5) is 4.39 Å². The van der Waals surface area contributed by atoms with E-state index in [1.165, 1.54) is 28.8 Å². The highest BCUT2D eigenvalue weighted by atomic mass is 32.2. The fraction of sp³-hybridized carbons (Fsp3) is 0.278. The molecule has 2 rings (SSSR count). The summed E-state index contributed by atoms with van der Waals surface area (Å²) < 4.78 is 12.8. The first-order valence-electron chi connectivity index (χ1n) is 7.19. The van der Waals surface area contributed by atoms with E-state index in [0.29, 0.717) is 12.3 Å². The van der Waals surface area contributed by atoms with E-state index in [2.05, 4.69) is 37.4 Å². The maximum absolute atomic E-state index is 12.8. The average Bonchev–Trinajstić information content (AvgIpc) is 2.46. The van der Waals surface area contributed by atoms with Gasteiger partial charge < -0.3 is 5.32 Å². The van der Waals surface area contributed by atoms with Gasteiger partial charge in [-0.2, -0.15) is 0 Å². The standard InChI is InChI=1S/C18H20FNOS/c1-13-7-14(2)9-16(8-13)11-22-12-18(21)20-10-15-3-5-17(19)6-4-15/h3-9H,10-12H2,1-2H3,(H,20,21). The highest BCUT2D eigenvalue weighted by Gasteiger charge is 2.03. The molecule has 0 aliphatic rings. The van der Waals surface area contributed by atoms with Crippen LogP contribution in [0, 0.1) is 19.7 Å². The number of benzene rings is 2. The molecule has 0 spiro atoms. The third-order valence-electron chi connectivity index (χ3n) is 3.19.